The number of ether oxygens (including phenoxy) is 2. The first-order chi connectivity index (χ1) is 15.8. The van der Waals surface area contributed by atoms with E-state index in [0.29, 0.717) is 11.8 Å². The second-order valence-electron chi connectivity index (χ2n) is 9.06. The summed E-state index contributed by atoms with van der Waals surface area (Å²) in [6.07, 6.45) is 4.88. The van der Waals surface area contributed by atoms with Crippen LogP contribution in [0.15, 0.2) is 72.8 Å². The normalized spacial score (nSPS) is 20.7. The summed E-state index contributed by atoms with van der Waals surface area (Å²) < 4.78 is 11.6. The lowest BCUT2D eigenvalue weighted by Crippen LogP contribution is -2.25. The average Bonchev–Trinajstić information content (AvgIpc) is 3.37. The van der Waals surface area contributed by atoms with Crippen LogP contribution in [0.3, 0.4) is 0 Å². The molecule has 0 amide bonds. The molecule has 3 aromatic rings. The Balaban J connectivity index is 1.39. The molecule has 1 saturated heterocycles. The number of fused-ring (bicyclic) bond motifs is 1. The maximum atomic E-state index is 6.06. The fourth-order valence-electron chi connectivity index (χ4n) is 5.46. The molecule has 32 heavy (non-hydrogen) atoms. The average molecular weight is 428 g/mol. The van der Waals surface area contributed by atoms with E-state index >= 15 is 0 Å². The molecule has 1 fully saturated rings. The summed E-state index contributed by atoms with van der Waals surface area (Å²) in [5, 5.41) is 0. The first-order valence-corrected chi connectivity index (χ1v) is 12.0. The molecule has 1 aliphatic heterocycles. The fourth-order valence-corrected chi connectivity index (χ4v) is 5.46. The molecule has 0 spiro atoms. The summed E-state index contributed by atoms with van der Waals surface area (Å²) >= 11 is 0. The molecule has 5 rings (SSSR count). The van der Waals surface area contributed by atoms with Gasteiger partial charge in [0.25, 0.3) is 0 Å². The number of benzene rings is 3. The van der Waals surface area contributed by atoms with E-state index in [0.717, 1.165) is 37.5 Å². The first kappa shape index (κ1) is 21.1. The number of rotatable bonds is 7. The third-order valence-corrected chi connectivity index (χ3v) is 7.15. The van der Waals surface area contributed by atoms with Gasteiger partial charge in [0.2, 0.25) is 0 Å². The van der Waals surface area contributed by atoms with Crippen LogP contribution in [-0.2, 0) is 6.42 Å². The summed E-state index contributed by atoms with van der Waals surface area (Å²) in [6, 6.07) is 26.4. The van der Waals surface area contributed by atoms with Crippen molar-refractivity contribution in [2.24, 2.45) is 0 Å². The molecule has 2 atom stereocenters. The lowest BCUT2D eigenvalue weighted by molar-refractivity contribution is 0.237. The number of methoxy groups -OCH3 is 1. The first-order valence-electron chi connectivity index (χ1n) is 12.0. The molecular weight excluding hydrogens is 394 g/mol. The van der Waals surface area contributed by atoms with Gasteiger partial charge in [0, 0.05) is 12.5 Å². The van der Waals surface area contributed by atoms with Crippen molar-refractivity contribution in [3.63, 3.8) is 0 Å². The zero-order valence-corrected chi connectivity index (χ0v) is 19.0. The summed E-state index contributed by atoms with van der Waals surface area (Å²) in [5.74, 6) is 2.72. The van der Waals surface area contributed by atoms with Crippen LogP contribution in [0.4, 0.5) is 0 Å². The van der Waals surface area contributed by atoms with Gasteiger partial charge in [-0.05, 0) is 91.2 Å². The molecule has 0 N–H and O–H groups in total. The van der Waals surface area contributed by atoms with E-state index in [1.165, 1.54) is 48.2 Å². The Morgan fingerprint density at radius 2 is 1.59 bits per heavy atom. The molecule has 166 valence electrons. The lowest BCUT2D eigenvalue weighted by atomic mass is 9.69. The van der Waals surface area contributed by atoms with Crippen LogP contribution >= 0.6 is 0 Å². The predicted molar refractivity (Wildman–Crippen MR) is 130 cm³/mol. The number of hydrogen-bond donors (Lipinski definition) is 0. The van der Waals surface area contributed by atoms with E-state index < -0.39 is 0 Å². The smallest absolute Gasteiger partial charge is 0.119 e. The van der Waals surface area contributed by atoms with E-state index in [1.54, 1.807) is 7.11 Å². The van der Waals surface area contributed by atoms with Gasteiger partial charge in [0.05, 0.1) is 7.11 Å². The molecule has 2 aliphatic rings. The van der Waals surface area contributed by atoms with Crippen LogP contribution in [0.25, 0.3) is 0 Å². The molecule has 0 saturated carbocycles. The van der Waals surface area contributed by atoms with Crippen LogP contribution < -0.4 is 9.47 Å². The predicted octanol–water partition coefficient (Wildman–Crippen LogP) is 6.03. The molecule has 3 nitrogen and oxygen atoms in total. The Morgan fingerprint density at radius 3 is 2.34 bits per heavy atom. The monoisotopic (exact) mass is 427 g/mol. The molecule has 0 unspecified atom stereocenters. The van der Waals surface area contributed by atoms with E-state index in [2.05, 4.69) is 77.7 Å². The van der Waals surface area contributed by atoms with Gasteiger partial charge in [-0.2, -0.15) is 0 Å². The summed E-state index contributed by atoms with van der Waals surface area (Å²) in [7, 11) is 1.75. The highest BCUT2D eigenvalue weighted by Gasteiger charge is 2.32. The van der Waals surface area contributed by atoms with Crippen molar-refractivity contribution < 1.29 is 9.47 Å². The SMILES string of the molecule is COc1ccc2c(c1)CC[C@@H](c1ccccc1)[C@H]2c1ccc(OCCN2CCCC2)cc1. The maximum Gasteiger partial charge on any atom is 0.119 e. The van der Waals surface area contributed by atoms with E-state index in [-0.39, 0.29) is 0 Å². The van der Waals surface area contributed by atoms with Crippen molar-refractivity contribution in [1.29, 1.82) is 0 Å². The second kappa shape index (κ2) is 9.79. The standard InChI is InChI=1S/C29H33NO2/c1-31-26-14-16-28-24(21-26)11-15-27(22-7-3-2-4-8-22)29(28)23-9-12-25(13-10-23)32-20-19-30-17-5-6-18-30/h2-4,7-10,12-14,16,21,27,29H,5-6,11,15,17-20H2,1H3/t27-,29+/m0/s1. The Bertz CT molecular complexity index is 1010. The second-order valence-corrected chi connectivity index (χ2v) is 9.06. The lowest BCUT2D eigenvalue weighted by Gasteiger charge is -2.35. The number of hydrogen-bond acceptors (Lipinski definition) is 3. The molecule has 0 aromatic heterocycles. The van der Waals surface area contributed by atoms with Crippen LogP contribution in [0.1, 0.15) is 53.4 Å². The summed E-state index contributed by atoms with van der Waals surface area (Å²) in [6.45, 7) is 4.22. The minimum absolute atomic E-state index is 0.339. The van der Waals surface area contributed by atoms with Crippen LogP contribution in [0.5, 0.6) is 11.5 Å². The number of nitrogens with zero attached hydrogens (tertiary/aromatic N) is 1. The van der Waals surface area contributed by atoms with Gasteiger partial charge in [0.1, 0.15) is 18.1 Å². The zero-order chi connectivity index (χ0) is 21.8. The van der Waals surface area contributed by atoms with Crippen molar-refractivity contribution in [3.05, 3.63) is 95.1 Å². The van der Waals surface area contributed by atoms with Gasteiger partial charge >= 0.3 is 0 Å². The van der Waals surface area contributed by atoms with Gasteiger partial charge < -0.3 is 9.47 Å². The zero-order valence-electron chi connectivity index (χ0n) is 19.0. The minimum atomic E-state index is 0.339. The molecule has 0 bridgehead atoms. The minimum Gasteiger partial charge on any atom is -0.497 e. The van der Waals surface area contributed by atoms with Crippen molar-refractivity contribution in [3.8, 4) is 11.5 Å². The van der Waals surface area contributed by atoms with Crippen LogP contribution in [-0.4, -0.2) is 38.3 Å². The largest absolute Gasteiger partial charge is 0.497 e. The van der Waals surface area contributed by atoms with Gasteiger partial charge in [-0.25, -0.2) is 0 Å². The summed E-state index contributed by atoms with van der Waals surface area (Å²) in [5.41, 5.74) is 5.61. The topological polar surface area (TPSA) is 21.7 Å². The van der Waals surface area contributed by atoms with E-state index in [1.807, 2.05) is 0 Å². The molecular formula is C29H33NO2. The highest BCUT2D eigenvalue weighted by molar-refractivity contribution is 5.48. The van der Waals surface area contributed by atoms with E-state index in [4.69, 9.17) is 9.47 Å². The quantitative estimate of drug-likeness (QED) is 0.459. The van der Waals surface area contributed by atoms with Gasteiger partial charge in [-0.15, -0.1) is 0 Å². The van der Waals surface area contributed by atoms with Gasteiger partial charge in [0.15, 0.2) is 0 Å². The van der Waals surface area contributed by atoms with Crippen LogP contribution in [0, 0.1) is 0 Å². The molecule has 1 aliphatic carbocycles. The van der Waals surface area contributed by atoms with Crippen LogP contribution in [0.2, 0.25) is 0 Å². The van der Waals surface area contributed by atoms with Gasteiger partial charge in [-0.1, -0.05) is 48.5 Å². The highest BCUT2D eigenvalue weighted by Crippen LogP contribution is 2.47. The number of aryl methyl sites for hydroxylation is 1. The Labute approximate surface area is 192 Å². The highest BCUT2D eigenvalue weighted by atomic mass is 16.5. The Hall–Kier alpha value is -2.78. The number of likely N-dealkylation sites (tertiary alicyclic amines) is 1. The Morgan fingerprint density at radius 1 is 0.844 bits per heavy atom. The van der Waals surface area contributed by atoms with Crippen molar-refractivity contribution in [2.75, 3.05) is 33.4 Å². The molecule has 3 heteroatoms. The van der Waals surface area contributed by atoms with E-state index in [9.17, 15) is 0 Å². The van der Waals surface area contributed by atoms with Crippen molar-refractivity contribution in [2.45, 2.75) is 37.5 Å². The van der Waals surface area contributed by atoms with Crippen molar-refractivity contribution in [1.82, 2.24) is 4.90 Å². The summed E-state index contributed by atoms with van der Waals surface area (Å²) in [4.78, 5) is 2.49. The maximum absolute atomic E-state index is 6.06. The van der Waals surface area contributed by atoms with Gasteiger partial charge in [-0.3, -0.25) is 4.90 Å². The molecule has 3 aromatic carbocycles. The fraction of sp³-hybridized carbons (Fsp3) is 0.379. The third-order valence-electron chi connectivity index (χ3n) is 7.15. The third kappa shape index (κ3) is 4.54. The Kier molecular flexibility index (Phi) is 6.45. The van der Waals surface area contributed by atoms with Crippen molar-refractivity contribution >= 4 is 0 Å². The molecule has 1 heterocycles. The molecule has 0 radical (unpaired) electrons.